The Morgan fingerprint density at radius 1 is 1.24 bits per heavy atom. The zero-order valence-electron chi connectivity index (χ0n) is 12.6. The largest absolute Gasteiger partial charge is 0.397 e. The van der Waals surface area contributed by atoms with Crippen LogP contribution in [0.5, 0.6) is 0 Å². The molecule has 0 atom stereocenters. The molecule has 1 heterocycles. The van der Waals surface area contributed by atoms with Crippen molar-refractivity contribution in [2.24, 2.45) is 5.73 Å². The molecule has 2 aromatic rings. The minimum atomic E-state index is -0.225. The summed E-state index contributed by atoms with van der Waals surface area (Å²) >= 11 is 0. The van der Waals surface area contributed by atoms with Gasteiger partial charge < -0.3 is 5.73 Å². The molecule has 0 bridgehead atoms. The van der Waals surface area contributed by atoms with E-state index in [4.69, 9.17) is 5.73 Å². The van der Waals surface area contributed by atoms with Crippen LogP contribution in [-0.4, -0.2) is 4.98 Å². The monoisotopic (exact) mass is 284 g/mol. The van der Waals surface area contributed by atoms with E-state index >= 15 is 0 Å². The van der Waals surface area contributed by atoms with Crippen LogP contribution < -0.4 is 5.73 Å². The van der Waals surface area contributed by atoms with E-state index in [1.807, 2.05) is 12.1 Å². The van der Waals surface area contributed by atoms with Crippen molar-refractivity contribution < 1.29 is 4.39 Å². The van der Waals surface area contributed by atoms with Crippen LogP contribution >= 0.6 is 0 Å². The number of rotatable bonds is 5. The molecule has 0 saturated carbocycles. The minimum Gasteiger partial charge on any atom is -0.397 e. The molecule has 1 aromatic heterocycles. The van der Waals surface area contributed by atoms with Crippen LogP contribution in [0.1, 0.15) is 37.2 Å². The smallest absolute Gasteiger partial charge is 0.131 e. The predicted octanol–water partition coefficient (Wildman–Crippen LogP) is 4.33. The first-order valence-electron chi connectivity index (χ1n) is 7.30. The third kappa shape index (κ3) is 3.13. The van der Waals surface area contributed by atoms with Gasteiger partial charge in [0.1, 0.15) is 5.82 Å². The lowest BCUT2D eigenvalue weighted by atomic mass is 9.93. The summed E-state index contributed by atoms with van der Waals surface area (Å²) in [4.78, 5) is 4.58. The van der Waals surface area contributed by atoms with E-state index in [-0.39, 0.29) is 5.82 Å². The van der Waals surface area contributed by atoms with Crippen molar-refractivity contribution in [3.8, 4) is 11.1 Å². The van der Waals surface area contributed by atoms with Gasteiger partial charge in [-0.3, -0.25) is 4.98 Å². The maximum absolute atomic E-state index is 14.2. The van der Waals surface area contributed by atoms with Gasteiger partial charge >= 0.3 is 0 Å². The van der Waals surface area contributed by atoms with E-state index < -0.39 is 0 Å². The highest BCUT2D eigenvalue weighted by molar-refractivity contribution is 5.73. The number of nitrogens with two attached hydrogens (primary N) is 1. The Hall–Kier alpha value is -2.16. The number of aryl methyl sites for hydroxylation is 1. The Kier molecular flexibility index (Phi) is 4.73. The van der Waals surface area contributed by atoms with E-state index in [0.29, 0.717) is 17.0 Å². The third-order valence-electron chi connectivity index (χ3n) is 3.54. The van der Waals surface area contributed by atoms with Gasteiger partial charge in [-0.15, -0.1) is 0 Å². The summed E-state index contributed by atoms with van der Waals surface area (Å²) in [6.07, 6.45) is 2.65. The summed E-state index contributed by atoms with van der Waals surface area (Å²) in [5.74, 6) is -0.225. The number of nitrogens with zero attached hydrogens (tertiary/aromatic N) is 1. The minimum absolute atomic E-state index is 0.225. The summed E-state index contributed by atoms with van der Waals surface area (Å²) in [6, 6.07) is 8.67. The zero-order valence-corrected chi connectivity index (χ0v) is 12.6. The number of pyridine rings is 1. The molecule has 0 aliphatic heterocycles. The van der Waals surface area contributed by atoms with Crippen molar-refractivity contribution in [1.82, 2.24) is 4.98 Å². The zero-order chi connectivity index (χ0) is 15.4. The fourth-order valence-corrected chi connectivity index (χ4v) is 2.53. The molecule has 2 rings (SSSR count). The van der Waals surface area contributed by atoms with Gasteiger partial charge in [-0.25, -0.2) is 4.39 Å². The van der Waals surface area contributed by atoms with Crippen molar-refractivity contribution in [2.45, 2.75) is 33.1 Å². The summed E-state index contributed by atoms with van der Waals surface area (Å²) in [7, 11) is 0. The van der Waals surface area contributed by atoms with E-state index in [2.05, 4.69) is 25.4 Å². The molecule has 0 saturated heterocycles. The van der Waals surface area contributed by atoms with Gasteiger partial charge in [0.2, 0.25) is 0 Å². The van der Waals surface area contributed by atoms with Crippen LogP contribution in [0.25, 0.3) is 16.8 Å². The Morgan fingerprint density at radius 2 is 1.95 bits per heavy atom. The molecule has 110 valence electrons. The molecule has 0 amide bonds. The number of hydrogen-bond acceptors (Lipinski definition) is 2. The Morgan fingerprint density at radius 3 is 2.52 bits per heavy atom. The standard InChI is InChI=1S/C18H21FN2/c1-4-8-14-15(13-9-6-7-10-16(13)19)11-18(12(3)20)21-17(14)5-2/h6-7,9-11H,3-5,8,20H2,1-2H3. The molecule has 0 radical (unpaired) electrons. The average molecular weight is 284 g/mol. The number of halogens is 1. The van der Waals surface area contributed by atoms with E-state index in [1.54, 1.807) is 12.1 Å². The second-order valence-corrected chi connectivity index (χ2v) is 5.09. The summed E-state index contributed by atoms with van der Waals surface area (Å²) in [6.45, 7) is 7.92. The van der Waals surface area contributed by atoms with Crippen LogP contribution in [0, 0.1) is 5.82 Å². The lowest BCUT2D eigenvalue weighted by Gasteiger charge is -2.16. The van der Waals surface area contributed by atoms with Gasteiger partial charge in [-0.2, -0.15) is 0 Å². The number of hydrogen-bond donors (Lipinski definition) is 1. The van der Waals surface area contributed by atoms with Gasteiger partial charge in [0, 0.05) is 11.3 Å². The van der Waals surface area contributed by atoms with Crippen molar-refractivity contribution in [3.05, 3.63) is 59.7 Å². The maximum Gasteiger partial charge on any atom is 0.131 e. The normalized spacial score (nSPS) is 10.6. The molecule has 0 aliphatic rings. The molecular weight excluding hydrogens is 263 g/mol. The molecule has 21 heavy (non-hydrogen) atoms. The molecular formula is C18H21FN2. The Labute approximate surface area is 125 Å². The van der Waals surface area contributed by atoms with E-state index in [1.165, 1.54) is 6.07 Å². The van der Waals surface area contributed by atoms with Crippen LogP contribution in [0.3, 0.4) is 0 Å². The Bertz CT molecular complexity index is 662. The van der Waals surface area contributed by atoms with Crippen LogP contribution in [-0.2, 0) is 12.8 Å². The lowest BCUT2D eigenvalue weighted by Crippen LogP contribution is -2.06. The number of aromatic nitrogens is 1. The predicted molar refractivity (Wildman–Crippen MR) is 86.2 cm³/mol. The summed E-state index contributed by atoms with van der Waals surface area (Å²) in [5.41, 5.74) is 10.4. The first kappa shape index (κ1) is 15.2. The maximum atomic E-state index is 14.2. The van der Waals surface area contributed by atoms with Crippen molar-refractivity contribution in [3.63, 3.8) is 0 Å². The van der Waals surface area contributed by atoms with Gasteiger partial charge in [-0.05, 0) is 36.1 Å². The molecule has 2 nitrogen and oxygen atoms in total. The Balaban J connectivity index is 2.74. The summed E-state index contributed by atoms with van der Waals surface area (Å²) < 4.78 is 14.2. The topological polar surface area (TPSA) is 38.9 Å². The van der Waals surface area contributed by atoms with Crippen LogP contribution in [0.15, 0.2) is 36.9 Å². The van der Waals surface area contributed by atoms with Gasteiger partial charge in [0.25, 0.3) is 0 Å². The van der Waals surface area contributed by atoms with Crippen molar-refractivity contribution in [2.75, 3.05) is 0 Å². The third-order valence-corrected chi connectivity index (χ3v) is 3.54. The van der Waals surface area contributed by atoms with Crippen molar-refractivity contribution in [1.29, 1.82) is 0 Å². The highest BCUT2D eigenvalue weighted by Gasteiger charge is 2.15. The summed E-state index contributed by atoms with van der Waals surface area (Å²) in [5, 5.41) is 0. The van der Waals surface area contributed by atoms with Crippen LogP contribution in [0.4, 0.5) is 4.39 Å². The highest BCUT2D eigenvalue weighted by Crippen LogP contribution is 2.30. The lowest BCUT2D eigenvalue weighted by molar-refractivity contribution is 0.631. The highest BCUT2D eigenvalue weighted by atomic mass is 19.1. The molecule has 0 unspecified atom stereocenters. The molecule has 0 spiro atoms. The van der Waals surface area contributed by atoms with E-state index in [0.717, 1.165) is 36.1 Å². The van der Waals surface area contributed by atoms with Crippen LogP contribution in [0.2, 0.25) is 0 Å². The molecule has 2 N–H and O–H groups in total. The van der Waals surface area contributed by atoms with Gasteiger partial charge in [0.05, 0.1) is 11.4 Å². The fourth-order valence-electron chi connectivity index (χ4n) is 2.53. The fraction of sp³-hybridized carbons (Fsp3) is 0.278. The second-order valence-electron chi connectivity index (χ2n) is 5.09. The molecule has 0 fully saturated rings. The first-order valence-corrected chi connectivity index (χ1v) is 7.30. The van der Waals surface area contributed by atoms with E-state index in [9.17, 15) is 4.39 Å². The average Bonchev–Trinajstić information content (AvgIpc) is 2.48. The van der Waals surface area contributed by atoms with Crippen molar-refractivity contribution >= 4 is 5.70 Å². The first-order chi connectivity index (χ1) is 10.1. The molecule has 0 aliphatic carbocycles. The SMILES string of the molecule is C=C(N)c1cc(-c2ccccc2F)c(CCC)c(CC)n1. The second kappa shape index (κ2) is 6.53. The van der Waals surface area contributed by atoms with Gasteiger partial charge in [-0.1, -0.05) is 45.0 Å². The molecule has 3 heteroatoms. The van der Waals surface area contributed by atoms with Gasteiger partial charge in [0.15, 0.2) is 0 Å². The molecule has 1 aromatic carbocycles. The number of benzene rings is 1. The quantitative estimate of drug-likeness (QED) is 0.887.